The molecule has 0 aliphatic heterocycles. The first-order chi connectivity index (χ1) is 9.76. The zero-order valence-corrected chi connectivity index (χ0v) is 14.9. The van der Waals surface area contributed by atoms with Crippen molar-refractivity contribution in [1.82, 2.24) is 0 Å². The zero-order valence-electron chi connectivity index (χ0n) is 14.9. The van der Waals surface area contributed by atoms with Gasteiger partial charge in [0, 0.05) is 0 Å². The van der Waals surface area contributed by atoms with E-state index in [0.29, 0.717) is 0 Å². The minimum atomic E-state index is -0.693. The highest BCUT2D eigenvalue weighted by atomic mass is 16.3. The molecule has 0 fully saturated rings. The Morgan fingerprint density at radius 1 is 1.14 bits per heavy atom. The highest BCUT2D eigenvalue weighted by Crippen LogP contribution is 2.20. The van der Waals surface area contributed by atoms with Crippen molar-refractivity contribution in [2.45, 2.75) is 85.2 Å². The summed E-state index contributed by atoms with van der Waals surface area (Å²) < 4.78 is 0. The lowest BCUT2D eigenvalue weighted by Gasteiger charge is -2.19. The summed E-state index contributed by atoms with van der Waals surface area (Å²) >= 11 is 0. The van der Waals surface area contributed by atoms with Gasteiger partial charge in [0.15, 0.2) is 0 Å². The lowest BCUT2D eigenvalue weighted by Crippen LogP contribution is -2.20. The SMILES string of the molecule is C=CC(C)(O)CCCC(C)CC/C=C(\C)CCC=C(C)C. The number of hydrogen-bond donors (Lipinski definition) is 1. The highest BCUT2D eigenvalue weighted by Gasteiger charge is 2.14. The molecule has 21 heavy (non-hydrogen) atoms. The van der Waals surface area contributed by atoms with E-state index >= 15 is 0 Å². The van der Waals surface area contributed by atoms with E-state index in [2.05, 4.69) is 46.4 Å². The predicted molar refractivity (Wildman–Crippen MR) is 95.5 cm³/mol. The van der Waals surface area contributed by atoms with Crippen LogP contribution in [0.3, 0.4) is 0 Å². The van der Waals surface area contributed by atoms with Crippen molar-refractivity contribution in [3.05, 3.63) is 36.0 Å². The van der Waals surface area contributed by atoms with E-state index < -0.39 is 5.60 Å². The molecule has 1 nitrogen and oxygen atoms in total. The fourth-order valence-corrected chi connectivity index (χ4v) is 2.36. The Kier molecular flexibility index (Phi) is 10.4. The third-order valence-electron chi connectivity index (χ3n) is 4.06. The van der Waals surface area contributed by atoms with Crippen LogP contribution in [0, 0.1) is 5.92 Å². The van der Waals surface area contributed by atoms with Crippen molar-refractivity contribution in [3.8, 4) is 0 Å². The van der Waals surface area contributed by atoms with E-state index in [-0.39, 0.29) is 0 Å². The molecule has 0 radical (unpaired) electrons. The van der Waals surface area contributed by atoms with E-state index in [9.17, 15) is 5.11 Å². The van der Waals surface area contributed by atoms with Crippen LogP contribution in [0.5, 0.6) is 0 Å². The third-order valence-corrected chi connectivity index (χ3v) is 4.06. The molecular weight excluding hydrogens is 256 g/mol. The number of aliphatic hydroxyl groups is 1. The second kappa shape index (κ2) is 10.8. The Labute approximate surface area is 132 Å². The molecule has 0 heterocycles. The maximum atomic E-state index is 9.87. The maximum Gasteiger partial charge on any atom is 0.0797 e. The second-order valence-corrected chi connectivity index (χ2v) is 7.01. The molecule has 2 atom stereocenters. The molecule has 0 saturated carbocycles. The molecule has 0 amide bonds. The van der Waals surface area contributed by atoms with Gasteiger partial charge in [-0.25, -0.2) is 0 Å². The predicted octanol–water partition coefficient (Wildman–Crippen LogP) is 6.20. The second-order valence-electron chi connectivity index (χ2n) is 7.01. The van der Waals surface area contributed by atoms with Gasteiger partial charge in [-0.1, -0.05) is 49.1 Å². The van der Waals surface area contributed by atoms with Gasteiger partial charge in [0.1, 0.15) is 0 Å². The maximum absolute atomic E-state index is 9.87. The van der Waals surface area contributed by atoms with Crippen LogP contribution in [-0.2, 0) is 0 Å². The van der Waals surface area contributed by atoms with Gasteiger partial charge in [0.2, 0.25) is 0 Å². The van der Waals surface area contributed by atoms with Crippen LogP contribution in [0.25, 0.3) is 0 Å². The molecule has 0 rings (SSSR count). The molecule has 0 aromatic rings. The molecule has 0 saturated heterocycles. The summed E-state index contributed by atoms with van der Waals surface area (Å²) in [6, 6.07) is 0. The van der Waals surface area contributed by atoms with E-state index in [1.807, 2.05) is 6.92 Å². The molecule has 0 bridgehead atoms. The minimum absolute atomic E-state index is 0.693. The molecule has 0 aromatic heterocycles. The fourth-order valence-electron chi connectivity index (χ4n) is 2.36. The van der Waals surface area contributed by atoms with E-state index in [1.165, 1.54) is 36.8 Å². The van der Waals surface area contributed by atoms with Gasteiger partial charge in [0.25, 0.3) is 0 Å². The van der Waals surface area contributed by atoms with Crippen molar-refractivity contribution < 1.29 is 5.11 Å². The quantitative estimate of drug-likeness (QED) is 0.449. The van der Waals surface area contributed by atoms with Gasteiger partial charge >= 0.3 is 0 Å². The fraction of sp³-hybridized carbons (Fsp3) is 0.700. The van der Waals surface area contributed by atoms with Gasteiger partial charge < -0.3 is 5.11 Å². The van der Waals surface area contributed by atoms with Crippen LogP contribution in [-0.4, -0.2) is 10.7 Å². The molecule has 0 aromatic carbocycles. The van der Waals surface area contributed by atoms with Crippen molar-refractivity contribution in [2.75, 3.05) is 0 Å². The van der Waals surface area contributed by atoms with Crippen molar-refractivity contribution in [1.29, 1.82) is 0 Å². The van der Waals surface area contributed by atoms with Gasteiger partial charge in [-0.15, -0.1) is 6.58 Å². The van der Waals surface area contributed by atoms with Gasteiger partial charge in [0.05, 0.1) is 5.60 Å². The smallest absolute Gasteiger partial charge is 0.0797 e. The standard InChI is InChI=1S/C20H36O/c1-7-20(6,21)16-10-15-19(5)14-9-13-18(4)12-8-11-17(2)3/h7,11,13,19,21H,1,8-10,12,14-16H2,2-6H3/b18-13+. The summed E-state index contributed by atoms with van der Waals surface area (Å²) in [7, 11) is 0. The van der Waals surface area contributed by atoms with Crippen LogP contribution in [0.2, 0.25) is 0 Å². The summed E-state index contributed by atoms with van der Waals surface area (Å²) in [6.07, 6.45) is 14.2. The molecule has 0 aliphatic carbocycles. The Bertz CT molecular complexity index is 343. The Balaban J connectivity index is 3.80. The minimum Gasteiger partial charge on any atom is -0.386 e. The average molecular weight is 293 g/mol. The van der Waals surface area contributed by atoms with Crippen LogP contribution in [0.1, 0.15) is 79.6 Å². The summed E-state index contributed by atoms with van der Waals surface area (Å²) in [4.78, 5) is 0. The Morgan fingerprint density at radius 3 is 2.38 bits per heavy atom. The van der Waals surface area contributed by atoms with Crippen LogP contribution >= 0.6 is 0 Å². The van der Waals surface area contributed by atoms with Crippen LogP contribution < -0.4 is 0 Å². The first kappa shape index (κ1) is 20.2. The molecule has 2 unspecified atom stereocenters. The average Bonchev–Trinajstić information content (AvgIpc) is 2.38. The highest BCUT2D eigenvalue weighted by molar-refractivity contribution is 5.02. The molecule has 0 aliphatic rings. The normalized spacial score (nSPS) is 16.2. The number of rotatable bonds is 11. The summed E-state index contributed by atoms with van der Waals surface area (Å²) in [6.45, 7) is 14.4. The topological polar surface area (TPSA) is 20.2 Å². The zero-order chi connectivity index (χ0) is 16.3. The third kappa shape index (κ3) is 12.6. The van der Waals surface area contributed by atoms with E-state index in [1.54, 1.807) is 6.08 Å². The lowest BCUT2D eigenvalue weighted by molar-refractivity contribution is 0.0975. The summed E-state index contributed by atoms with van der Waals surface area (Å²) in [5, 5.41) is 9.87. The first-order valence-corrected chi connectivity index (χ1v) is 8.42. The van der Waals surface area contributed by atoms with Gasteiger partial charge in [-0.2, -0.15) is 0 Å². The first-order valence-electron chi connectivity index (χ1n) is 8.42. The van der Waals surface area contributed by atoms with Crippen molar-refractivity contribution in [2.24, 2.45) is 5.92 Å². The molecular formula is C20H36O. The largest absolute Gasteiger partial charge is 0.386 e. The van der Waals surface area contributed by atoms with Gasteiger partial charge in [-0.05, 0) is 65.7 Å². The summed E-state index contributed by atoms with van der Waals surface area (Å²) in [5.74, 6) is 0.729. The van der Waals surface area contributed by atoms with Crippen LogP contribution in [0.15, 0.2) is 36.0 Å². The number of allylic oxidation sites excluding steroid dienone is 4. The Hall–Kier alpha value is -0.820. The van der Waals surface area contributed by atoms with Gasteiger partial charge in [-0.3, -0.25) is 0 Å². The number of hydrogen-bond acceptors (Lipinski definition) is 1. The Morgan fingerprint density at radius 2 is 1.81 bits per heavy atom. The van der Waals surface area contributed by atoms with Crippen molar-refractivity contribution >= 4 is 0 Å². The molecule has 0 spiro atoms. The molecule has 1 heteroatoms. The molecule has 1 N–H and O–H groups in total. The lowest BCUT2D eigenvalue weighted by atomic mass is 9.93. The van der Waals surface area contributed by atoms with Crippen molar-refractivity contribution in [3.63, 3.8) is 0 Å². The monoisotopic (exact) mass is 292 g/mol. The van der Waals surface area contributed by atoms with Crippen LogP contribution in [0.4, 0.5) is 0 Å². The van der Waals surface area contributed by atoms with E-state index in [0.717, 1.165) is 25.2 Å². The molecule has 122 valence electrons. The van der Waals surface area contributed by atoms with E-state index in [4.69, 9.17) is 0 Å². The summed E-state index contributed by atoms with van der Waals surface area (Å²) in [5.41, 5.74) is 2.22.